The summed E-state index contributed by atoms with van der Waals surface area (Å²) in [7, 11) is 0. The van der Waals surface area contributed by atoms with Crippen molar-refractivity contribution in [3.63, 3.8) is 0 Å². The van der Waals surface area contributed by atoms with Gasteiger partial charge in [-0.05, 0) is 69.7 Å². The molecule has 1 fully saturated rings. The average Bonchev–Trinajstić information content (AvgIpc) is 3.49. The molecule has 4 unspecified atom stereocenters. The molecule has 3 N–H and O–H groups in total. The summed E-state index contributed by atoms with van der Waals surface area (Å²) in [4.78, 5) is 41.3. The van der Waals surface area contributed by atoms with Crippen molar-refractivity contribution < 1.29 is 24.2 Å². The van der Waals surface area contributed by atoms with Crippen molar-refractivity contribution in [3.05, 3.63) is 29.3 Å². The predicted molar refractivity (Wildman–Crippen MR) is 140 cm³/mol. The fraction of sp³-hybridized carbons (Fsp3) is 0.654. The van der Waals surface area contributed by atoms with Crippen LogP contribution in [0.15, 0.2) is 18.2 Å². The first kappa shape index (κ1) is 28.8. The van der Waals surface area contributed by atoms with Crippen molar-refractivity contribution in [2.75, 3.05) is 12.3 Å². The van der Waals surface area contributed by atoms with E-state index in [1.54, 1.807) is 44.7 Å². The van der Waals surface area contributed by atoms with E-state index in [0.717, 1.165) is 25.7 Å². The number of alkyl carbamates (subject to hydrolysis) is 1. The molecule has 9 heteroatoms. The Bertz CT molecular complexity index is 901. The summed E-state index contributed by atoms with van der Waals surface area (Å²) in [6.07, 6.45) is 2.91. The maximum atomic E-state index is 13.8. The van der Waals surface area contributed by atoms with E-state index < -0.39 is 23.8 Å². The quantitative estimate of drug-likeness (QED) is 0.266. The maximum Gasteiger partial charge on any atom is 0.408 e. The number of aryl methyl sites for hydroxylation is 1. The molecule has 0 bridgehead atoms. The number of hydrogen-bond acceptors (Lipinski definition) is 6. The topological polar surface area (TPSA) is 108 Å². The molecule has 0 aliphatic heterocycles. The van der Waals surface area contributed by atoms with E-state index >= 15 is 0 Å². The lowest BCUT2D eigenvalue weighted by atomic mass is 10.00. The minimum Gasteiger partial charge on any atom is -0.508 e. The molecule has 0 radical (unpaired) electrons. The van der Waals surface area contributed by atoms with E-state index in [2.05, 4.69) is 30.2 Å². The molecule has 1 saturated carbocycles. The molecule has 1 aliphatic rings. The first-order valence-electron chi connectivity index (χ1n) is 12.4. The molecule has 196 valence electrons. The molecule has 0 heterocycles. The van der Waals surface area contributed by atoms with Crippen LogP contribution in [0, 0.1) is 12.8 Å². The third kappa shape index (κ3) is 8.33. The smallest absolute Gasteiger partial charge is 0.408 e. The highest BCUT2D eigenvalue weighted by Crippen LogP contribution is 2.41. The molecule has 3 amide bonds. The Morgan fingerprint density at radius 2 is 1.91 bits per heavy atom. The Kier molecular flexibility index (Phi) is 10.3. The second kappa shape index (κ2) is 12.5. The van der Waals surface area contributed by atoms with E-state index in [1.807, 2.05) is 6.92 Å². The Morgan fingerprint density at radius 3 is 2.43 bits per heavy atom. The summed E-state index contributed by atoms with van der Waals surface area (Å²) in [5, 5.41) is 15.7. The zero-order valence-corrected chi connectivity index (χ0v) is 22.7. The number of carbonyl (C=O) groups is 3. The van der Waals surface area contributed by atoms with Crippen molar-refractivity contribution in [2.45, 2.75) is 91.0 Å². The van der Waals surface area contributed by atoms with E-state index in [-0.39, 0.29) is 35.3 Å². The average molecular weight is 508 g/mol. The minimum absolute atomic E-state index is 0.0507. The highest BCUT2D eigenvalue weighted by Gasteiger charge is 2.48. The van der Waals surface area contributed by atoms with Gasteiger partial charge in [0.2, 0.25) is 11.8 Å². The van der Waals surface area contributed by atoms with Gasteiger partial charge < -0.3 is 25.4 Å². The number of benzene rings is 1. The third-order valence-corrected chi connectivity index (χ3v) is 6.36. The number of ether oxygens (including phenoxy) is 1. The van der Waals surface area contributed by atoms with Crippen LogP contribution in [-0.2, 0) is 14.3 Å². The number of nitrogens with one attached hydrogen (secondary N) is 2. The number of unbranched alkanes of at least 4 members (excludes halogenated alkanes) is 2. The van der Waals surface area contributed by atoms with Crippen molar-refractivity contribution in [3.8, 4) is 5.75 Å². The van der Waals surface area contributed by atoms with Gasteiger partial charge >= 0.3 is 6.09 Å². The summed E-state index contributed by atoms with van der Waals surface area (Å²) < 4.78 is 5.33. The molecular weight excluding hydrogens is 466 g/mol. The van der Waals surface area contributed by atoms with Gasteiger partial charge in [-0.3, -0.25) is 9.59 Å². The largest absolute Gasteiger partial charge is 0.508 e. The van der Waals surface area contributed by atoms with Gasteiger partial charge in [-0.15, -0.1) is 0 Å². The number of phenolic OH excluding ortho intramolecular Hbond substituents is 1. The number of phenols is 1. The Hall–Kier alpha value is -2.42. The zero-order chi connectivity index (χ0) is 26.3. The summed E-state index contributed by atoms with van der Waals surface area (Å²) in [6, 6.07) is 2.93. The number of thiol groups is 1. The maximum absolute atomic E-state index is 13.8. The molecule has 35 heavy (non-hydrogen) atoms. The summed E-state index contributed by atoms with van der Waals surface area (Å²) in [6.45, 7) is 11.6. The fourth-order valence-electron chi connectivity index (χ4n) is 3.96. The molecule has 2 rings (SSSR count). The minimum atomic E-state index is -0.963. The number of amides is 3. The fourth-order valence-corrected chi connectivity index (χ4v) is 4.21. The number of carbonyl (C=O) groups excluding carboxylic acids is 3. The van der Waals surface area contributed by atoms with Crippen molar-refractivity contribution in [1.82, 2.24) is 15.5 Å². The second-order valence-corrected chi connectivity index (χ2v) is 10.7. The van der Waals surface area contributed by atoms with Crippen LogP contribution < -0.4 is 10.6 Å². The monoisotopic (exact) mass is 507 g/mol. The van der Waals surface area contributed by atoms with Crippen LogP contribution >= 0.6 is 12.6 Å². The van der Waals surface area contributed by atoms with Crippen LogP contribution in [0.4, 0.5) is 4.79 Å². The van der Waals surface area contributed by atoms with Gasteiger partial charge in [0.25, 0.3) is 0 Å². The molecule has 8 nitrogen and oxygen atoms in total. The van der Waals surface area contributed by atoms with Gasteiger partial charge in [-0.1, -0.05) is 32.8 Å². The number of aromatic hydroxyl groups is 1. The predicted octanol–water partition coefficient (Wildman–Crippen LogP) is 4.11. The first-order chi connectivity index (χ1) is 16.4. The second-order valence-electron chi connectivity index (χ2n) is 10.4. The van der Waals surface area contributed by atoms with E-state index in [4.69, 9.17) is 4.74 Å². The lowest BCUT2D eigenvalue weighted by Gasteiger charge is -2.35. The van der Waals surface area contributed by atoms with Gasteiger partial charge in [0.1, 0.15) is 23.4 Å². The molecule has 0 aromatic heterocycles. The van der Waals surface area contributed by atoms with Crippen LogP contribution in [0.1, 0.15) is 77.5 Å². The Morgan fingerprint density at radius 1 is 1.26 bits per heavy atom. The van der Waals surface area contributed by atoms with Crippen LogP contribution in [0.2, 0.25) is 0 Å². The zero-order valence-electron chi connectivity index (χ0n) is 21.8. The highest BCUT2D eigenvalue weighted by molar-refractivity contribution is 7.80. The lowest BCUT2D eigenvalue weighted by molar-refractivity contribution is -0.143. The normalized spacial score (nSPS) is 18.8. The summed E-state index contributed by atoms with van der Waals surface area (Å²) >= 11 is 4.31. The lowest BCUT2D eigenvalue weighted by Crippen LogP contribution is -2.54. The van der Waals surface area contributed by atoms with Gasteiger partial charge in [0.15, 0.2) is 0 Å². The Labute approximate surface area is 214 Å². The molecule has 0 spiro atoms. The van der Waals surface area contributed by atoms with Crippen LogP contribution in [0.25, 0.3) is 0 Å². The SMILES string of the molecule is CCCCCNC(=O)C(c1ccc(O)c(C)c1)N(C(=O)C(CS)NC(=O)OC(C)(C)C)C1CC1C. The van der Waals surface area contributed by atoms with E-state index in [0.29, 0.717) is 17.7 Å². The summed E-state index contributed by atoms with van der Waals surface area (Å²) in [5.74, 6) is -0.286. The van der Waals surface area contributed by atoms with Crippen LogP contribution in [0.5, 0.6) is 5.75 Å². The van der Waals surface area contributed by atoms with Gasteiger partial charge in [-0.25, -0.2) is 4.79 Å². The van der Waals surface area contributed by atoms with E-state index in [1.165, 1.54) is 6.07 Å². The van der Waals surface area contributed by atoms with Crippen molar-refractivity contribution in [1.29, 1.82) is 0 Å². The Balaban J connectivity index is 2.40. The van der Waals surface area contributed by atoms with Gasteiger partial charge in [0.05, 0.1) is 0 Å². The van der Waals surface area contributed by atoms with Crippen LogP contribution in [0.3, 0.4) is 0 Å². The first-order valence-corrected chi connectivity index (χ1v) is 13.0. The van der Waals surface area contributed by atoms with Crippen molar-refractivity contribution in [2.24, 2.45) is 5.92 Å². The molecule has 0 saturated heterocycles. The molecule has 1 aromatic carbocycles. The molecule has 1 aliphatic carbocycles. The third-order valence-electron chi connectivity index (χ3n) is 5.99. The van der Waals surface area contributed by atoms with Gasteiger partial charge in [0, 0.05) is 18.3 Å². The molecule has 1 aromatic rings. The standard InChI is InChI=1S/C26H41N3O5S/c1-7-8-9-12-27-23(31)22(18-10-11-21(30)17(3)13-18)29(20-14-16(20)2)24(32)19(15-35)28-25(33)34-26(4,5)6/h10-11,13,16,19-20,22,30,35H,7-9,12,14-15H2,1-6H3,(H,27,31)(H,28,33). The van der Waals surface area contributed by atoms with E-state index in [9.17, 15) is 19.5 Å². The summed E-state index contributed by atoms with van der Waals surface area (Å²) in [5.41, 5.74) is 0.500. The highest BCUT2D eigenvalue weighted by atomic mass is 32.1. The number of hydrogen-bond donors (Lipinski definition) is 4. The molecule has 4 atom stereocenters. The van der Waals surface area contributed by atoms with Gasteiger partial charge in [-0.2, -0.15) is 12.6 Å². The van der Waals surface area contributed by atoms with Crippen LogP contribution in [-0.4, -0.2) is 57.9 Å². The number of nitrogens with zero attached hydrogens (tertiary/aromatic N) is 1. The van der Waals surface area contributed by atoms with Crippen molar-refractivity contribution >= 4 is 30.5 Å². The number of rotatable bonds is 11. The molecular formula is C26H41N3O5S.